The lowest BCUT2D eigenvalue weighted by molar-refractivity contribution is 0.597. The molecule has 2 aliphatic carbocycles. The first kappa shape index (κ1) is 37.1. The molecule has 0 saturated carbocycles. The van der Waals surface area contributed by atoms with Crippen LogP contribution in [0.1, 0.15) is 39.1 Å². The van der Waals surface area contributed by atoms with E-state index >= 15 is 0 Å². The molecule has 62 heavy (non-hydrogen) atoms. The van der Waals surface area contributed by atoms with Crippen molar-refractivity contribution in [2.24, 2.45) is 10.7 Å². The van der Waals surface area contributed by atoms with E-state index in [9.17, 15) is 0 Å². The van der Waals surface area contributed by atoms with Gasteiger partial charge in [0.2, 0.25) is 0 Å². The van der Waals surface area contributed by atoms with Crippen molar-refractivity contribution in [3.8, 4) is 27.9 Å². The van der Waals surface area contributed by atoms with Gasteiger partial charge in [-0.25, -0.2) is 4.99 Å². The zero-order valence-electron chi connectivity index (χ0n) is 34.2. The van der Waals surface area contributed by atoms with E-state index in [-0.39, 0.29) is 0 Å². The third-order valence-electron chi connectivity index (χ3n) is 12.3. The summed E-state index contributed by atoms with van der Waals surface area (Å²) in [5.41, 5.74) is 23.5. The summed E-state index contributed by atoms with van der Waals surface area (Å²) >= 11 is 0. The van der Waals surface area contributed by atoms with E-state index in [0.29, 0.717) is 12.3 Å². The standard InChI is InChI=1S/C58H43N3O/c59-58(42-16-5-1-6-17-42)60-53(37-33-41-18-15-25-52-51-24-11-4-12-27-56(51)62-57(41)52)48-36-35-45(46-21-9-3-10-22-47(46)48)40-30-28-39(29-31-40)43-32-34-50-49-23-13-14-26-54(49)61(55(50)38-43)44-19-7-2-8-20-44/h1-20,22-23,25-32,34-38H,21,24,33H2,(H2,59,60)/b53-37-. The number of nitrogens with zero attached hydrogens (tertiary/aromatic N) is 2. The maximum atomic E-state index is 6.80. The molecule has 2 aliphatic rings. The number of benzene rings is 7. The Morgan fingerprint density at radius 2 is 1.29 bits per heavy atom. The summed E-state index contributed by atoms with van der Waals surface area (Å²) in [6.45, 7) is 0. The number of hydrogen-bond acceptors (Lipinski definition) is 2. The van der Waals surface area contributed by atoms with Gasteiger partial charge in [0.05, 0.1) is 16.7 Å². The molecule has 4 nitrogen and oxygen atoms in total. The highest BCUT2D eigenvalue weighted by Crippen LogP contribution is 2.39. The van der Waals surface area contributed by atoms with Gasteiger partial charge in [0.1, 0.15) is 17.2 Å². The maximum Gasteiger partial charge on any atom is 0.138 e. The van der Waals surface area contributed by atoms with Gasteiger partial charge >= 0.3 is 0 Å². The predicted molar refractivity (Wildman–Crippen MR) is 260 cm³/mol. The Morgan fingerprint density at radius 1 is 0.597 bits per heavy atom. The molecule has 11 rings (SSSR count). The van der Waals surface area contributed by atoms with Crippen molar-refractivity contribution in [2.75, 3.05) is 0 Å². The van der Waals surface area contributed by atoms with Crippen LogP contribution < -0.4 is 5.73 Å². The number of para-hydroxylation sites is 3. The van der Waals surface area contributed by atoms with E-state index in [1.807, 2.05) is 36.4 Å². The third kappa shape index (κ3) is 6.72. The van der Waals surface area contributed by atoms with Crippen LogP contribution in [0.2, 0.25) is 0 Å². The van der Waals surface area contributed by atoms with Crippen molar-refractivity contribution in [1.82, 2.24) is 4.57 Å². The molecule has 9 aromatic rings. The lowest BCUT2D eigenvalue weighted by Crippen LogP contribution is -2.13. The fourth-order valence-corrected chi connectivity index (χ4v) is 9.22. The first-order chi connectivity index (χ1) is 30.7. The summed E-state index contributed by atoms with van der Waals surface area (Å²) in [4.78, 5) is 5.19. The normalized spacial score (nSPS) is 13.7. The van der Waals surface area contributed by atoms with Gasteiger partial charge in [0, 0.05) is 38.5 Å². The Morgan fingerprint density at radius 3 is 2.13 bits per heavy atom. The van der Waals surface area contributed by atoms with Crippen LogP contribution in [0.25, 0.3) is 78.6 Å². The van der Waals surface area contributed by atoms with E-state index in [4.69, 9.17) is 15.1 Å². The second-order valence-corrected chi connectivity index (χ2v) is 15.9. The quantitative estimate of drug-likeness (QED) is 0.123. The fourth-order valence-electron chi connectivity index (χ4n) is 9.22. The second kappa shape index (κ2) is 15.9. The number of rotatable bonds is 8. The smallest absolute Gasteiger partial charge is 0.138 e. The minimum Gasteiger partial charge on any atom is -0.456 e. The van der Waals surface area contributed by atoms with E-state index in [2.05, 4.69) is 181 Å². The predicted octanol–water partition coefficient (Wildman–Crippen LogP) is 14.1. The van der Waals surface area contributed by atoms with Crippen molar-refractivity contribution >= 4 is 56.5 Å². The first-order valence-electron chi connectivity index (χ1n) is 21.3. The van der Waals surface area contributed by atoms with Crippen molar-refractivity contribution in [1.29, 1.82) is 0 Å². The largest absolute Gasteiger partial charge is 0.456 e. The van der Waals surface area contributed by atoms with Crippen molar-refractivity contribution in [2.45, 2.75) is 19.3 Å². The number of aliphatic imine (C=N–C) groups is 1. The Balaban J connectivity index is 0.986. The number of fused-ring (bicyclic) bond motifs is 7. The molecule has 2 N–H and O–H groups in total. The lowest BCUT2D eigenvalue weighted by Gasteiger charge is -2.17. The number of nitrogens with two attached hydrogens (primary N) is 1. The van der Waals surface area contributed by atoms with Gasteiger partial charge in [-0.1, -0.05) is 182 Å². The molecular weight excluding hydrogens is 755 g/mol. The van der Waals surface area contributed by atoms with Crippen LogP contribution in [-0.2, 0) is 19.3 Å². The van der Waals surface area contributed by atoms with E-state index in [0.717, 1.165) is 63.2 Å². The summed E-state index contributed by atoms with van der Waals surface area (Å²) in [5.74, 6) is 1.40. The van der Waals surface area contributed by atoms with Crippen molar-refractivity contribution in [3.05, 3.63) is 239 Å². The van der Waals surface area contributed by atoms with Crippen molar-refractivity contribution in [3.63, 3.8) is 0 Å². The molecule has 0 fully saturated rings. The molecule has 0 saturated heterocycles. The number of hydrogen-bond donors (Lipinski definition) is 1. The highest BCUT2D eigenvalue weighted by Gasteiger charge is 2.19. The van der Waals surface area contributed by atoms with Crippen LogP contribution in [0.4, 0.5) is 0 Å². The monoisotopic (exact) mass is 797 g/mol. The topological polar surface area (TPSA) is 56.4 Å². The maximum absolute atomic E-state index is 6.80. The van der Waals surface area contributed by atoms with Crippen LogP contribution >= 0.6 is 0 Å². The summed E-state index contributed by atoms with van der Waals surface area (Å²) in [6, 6.07) is 56.1. The van der Waals surface area contributed by atoms with Crippen LogP contribution in [0, 0.1) is 0 Å². The van der Waals surface area contributed by atoms with Gasteiger partial charge in [0.15, 0.2) is 0 Å². The van der Waals surface area contributed by atoms with Crippen molar-refractivity contribution < 1.29 is 4.42 Å². The summed E-state index contributed by atoms with van der Waals surface area (Å²) in [7, 11) is 0. The zero-order chi connectivity index (χ0) is 41.4. The van der Waals surface area contributed by atoms with Gasteiger partial charge in [-0.3, -0.25) is 0 Å². The lowest BCUT2D eigenvalue weighted by atomic mass is 9.88. The summed E-state index contributed by atoms with van der Waals surface area (Å²) < 4.78 is 8.89. The number of allylic oxidation sites excluding steroid dienone is 7. The molecule has 296 valence electrons. The van der Waals surface area contributed by atoms with E-state index in [1.54, 1.807) is 0 Å². The third-order valence-corrected chi connectivity index (χ3v) is 12.3. The minimum absolute atomic E-state index is 0.475. The Hall–Kier alpha value is -7.95. The summed E-state index contributed by atoms with van der Waals surface area (Å²) in [5, 5.41) is 3.66. The molecule has 0 bridgehead atoms. The Labute approximate surface area is 361 Å². The molecule has 4 heteroatoms. The Bertz CT molecular complexity index is 3350. The molecule has 0 atom stereocenters. The average Bonchev–Trinajstić information content (AvgIpc) is 3.58. The van der Waals surface area contributed by atoms with Gasteiger partial charge in [-0.2, -0.15) is 0 Å². The van der Waals surface area contributed by atoms with Crippen LogP contribution in [-0.4, -0.2) is 10.4 Å². The molecule has 0 spiro atoms. The van der Waals surface area contributed by atoms with Crippen LogP contribution in [0.3, 0.4) is 0 Å². The van der Waals surface area contributed by atoms with Gasteiger partial charge < -0.3 is 14.7 Å². The highest BCUT2D eigenvalue weighted by molar-refractivity contribution is 6.10. The number of aromatic nitrogens is 1. The molecule has 2 aromatic heterocycles. The van der Waals surface area contributed by atoms with Crippen LogP contribution in [0.5, 0.6) is 0 Å². The minimum atomic E-state index is 0.475. The molecule has 0 aliphatic heterocycles. The first-order valence-corrected chi connectivity index (χ1v) is 21.3. The number of furan rings is 1. The van der Waals surface area contributed by atoms with Gasteiger partial charge in [-0.05, 0) is 88.5 Å². The second-order valence-electron chi connectivity index (χ2n) is 15.9. The molecular formula is C58H43N3O. The average molecular weight is 798 g/mol. The highest BCUT2D eigenvalue weighted by atomic mass is 16.3. The molecule has 0 unspecified atom stereocenters. The molecule has 0 amide bonds. The molecule has 2 heterocycles. The van der Waals surface area contributed by atoms with Gasteiger partial charge in [-0.15, -0.1) is 0 Å². The molecule has 7 aromatic carbocycles. The zero-order valence-corrected chi connectivity index (χ0v) is 34.2. The Kier molecular flexibility index (Phi) is 9.51. The SMILES string of the molecule is N/C(=N\C(=C/Cc1cccc2c3c(oc12)C=CC=CC3)c1ccc(-c2ccc(-c3ccc4c5ccccc5n(-c5ccccc5)c4c3)cc2)c2c1C=CC=CC2)c1ccccc1. The van der Waals surface area contributed by atoms with Gasteiger partial charge in [0.25, 0.3) is 0 Å². The van der Waals surface area contributed by atoms with Crippen LogP contribution in [0.15, 0.2) is 210 Å². The fraction of sp³-hybridized carbons (Fsp3) is 0.0517. The van der Waals surface area contributed by atoms with E-state index in [1.165, 1.54) is 55.2 Å². The number of amidine groups is 1. The molecule has 0 radical (unpaired) electrons. The van der Waals surface area contributed by atoms with E-state index < -0.39 is 0 Å². The summed E-state index contributed by atoms with van der Waals surface area (Å²) in [6.07, 6.45) is 21.6.